The van der Waals surface area contributed by atoms with Crippen molar-refractivity contribution >= 4 is 33.2 Å². The van der Waals surface area contributed by atoms with Gasteiger partial charge in [0.2, 0.25) is 0 Å². The Balaban J connectivity index is 2.36. The van der Waals surface area contributed by atoms with Crippen LogP contribution in [0.2, 0.25) is 5.02 Å². The van der Waals surface area contributed by atoms with Crippen LogP contribution >= 0.6 is 27.5 Å². The van der Waals surface area contributed by atoms with Gasteiger partial charge in [-0.3, -0.25) is 0 Å². The Labute approximate surface area is 140 Å². The van der Waals surface area contributed by atoms with Crippen molar-refractivity contribution in [2.45, 2.75) is 25.9 Å². The van der Waals surface area contributed by atoms with Crippen molar-refractivity contribution in [3.05, 3.63) is 63.1 Å². The van der Waals surface area contributed by atoms with E-state index < -0.39 is 0 Å². The van der Waals surface area contributed by atoms with Crippen molar-refractivity contribution in [1.82, 2.24) is 0 Å². The van der Waals surface area contributed by atoms with E-state index in [1.165, 1.54) is 5.56 Å². The zero-order valence-electron chi connectivity index (χ0n) is 12.5. The molecule has 2 aromatic carbocycles. The molecule has 0 bridgehead atoms. The van der Waals surface area contributed by atoms with E-state index in [1.807, 2.05) is 25.1 Å². The monoisotopic (exact) mass is 366 g/mol. The van der Waals surface area contributed by atoms with E-state index in [9.17, 15) is 0 Å². The van der Waals surface area contributed by atoms with E-state index in [1.54, 1.807) is 0 Å². The molecule has 0 radical (unpaired) electrons. The van der Waals surface area contributed by atoms with Crippen LogP contribution in [0, 0.1) is 0 Å². The second-order valence-corrected chi connectivity index (χ2v) is 6.68. The van der Waals surface area contributed by atoms with Gasteiger partial charge in [0.25, 0.3) is 0 Å². The molecule has 0 aromatic heterocycles. The molecule has 2 unspecified atom stereocenters. The third-order valence-electron chi connectivity index (χ3n) is 3.80. The summed E-state index contributed by atoms with van der Waals surface area (Å²) in [6.07, 6.45) is 0. The Kier molecular flexibility index (Phi) is 5.31. The third-order valence-corrected chi connectivity index (χ3v) is 4.54. The van der Waals surface area contributed by atoms with Gasteiger partial charge < -0.3 is 10.6 Å². The van der Waals surface area contributed by atoms with Gasteiger partial charge in [0.15, 0.2) is 0 Å². The van der Waals surface area contributed by atoms with Crippen LogP contribution in [0.1, 0.15) is 37.1 Å². The summed E-state index contributed by atoms with van der Waals surface area (Å²) in [4.78, 5) is 2.24. The van der Waals surface area contributed by atoms with E-state index in [2.05, 4.69) is 59.1 Å². The molecular weight excluding hydrogens is 348 g/mol. The lowest BCUT2D eigenvalue weighted by molar-refractivity contribution is 0.722. The van der Waals surface area contributed by atoms with Crippen LogP contribution in [0.3, 0.4) is 0 Å². The van der Waals surface area contributed by atoms with Crippen molar-refractivity contribution in [2.75, 3.05) is 11.9 Å². The van der Waals surface area contributed by atoms with E-state index >= 15 is 0 Å². The second kappa shape index (κ2) is 6.82. The second-order valence-electron chi connectivity index (χ2n) is 5.33. The van der Waals surface area contributed by atoms with Gasteiger partial charge in [-0.05, 0) is 49.2 Å². The molecule has 0 heterocycles. The van der Waals surface area contributed by atoms with Crippen LogP contribution < -0.4 is 10.6 Å². The van der Waals surface area contributed by atoms with E-state index in [0.717, 1.165) is 20.7 Å². The largest absolute Gasteiger partial charge is 0.368 e. The first-order valence-corrected chi connectivity index (χ1v) is 8.10. The lowest BCUT2D eigenvalue weighted by Crippen LogP contribution is -2.24. The molecule has 2 aromatic rings. The van der Waals surface area contributed by atoms with Gasteiger partial charge in [-0.15, -0.1) is 0 Å². The molecule has 2 atom stereocenters. The van der Waals surface area contributed by atoms with Gasteiger partial charge in [-0.2, -0.15) is 0 Å². The maximum absolute atomic E-state index is 6.10. The average molecular weight is 368 g/mol. The number of anilines is 1. The molecular formula is C17H20BrClN2. The van der Waals surface area contributed by atoms with Gasteiger partial charge >= 0.3 is 0 Å². The fourth-order valence-corrected chi connectivity index (χ4v) is 2.86. The number of hydrogen-bond donors (Lipinski definition) is 1. The first-order valence-electron chi connectivity index (χ1n) is 6.93. The predicted octanol–water partition coefficient (Wildman–Crippen LogP) is 5.32. The molecule has 0 spiro atoms. The summed E-state index contributed by atoms with van der Waals surface area (Å²) < 4.78 is 1.05. The van der Waals surface area contributed by atoms with Crippen molar-refractivity contribution in [3.63, 3.8) is 0 Å². The minimum absolute atomic E-state index is 0.00651. The molecule has 21 heavy (non-hydrogen) atoms. The van der Waals surface area contributed by atoms with Crippen LogP contribution in [-0.2, 0) is 0 Å². The van der Waals surface area contributed by atoms with Gasteiger partial charge in [-0.1, -0.05) is 45.7 Å². The van der Waals surface area contributed by atoms with Gasteiger partial charge in [0, 0.05) is 28.3 Å². The molecule has 2 N–H and O–H groups in total. The summed E-state index contributed by atoms with van der Waals surface area (Å²) in [5.74, 6) is 0. The fourth-order valence-electron chi connectivity index (χ4n) is 2.38. The van der Waals surface area contributed by atoms with Gasteiger partial charge in [0.05, 0.1) is 6.04 Å². The molecule has 0 aliphatic carbocycles. The Morgan fingerprint density at radius 2 is 1.71 bits per heavy atom. The number of benzene rings is 2. The number of nitrogens with two attached hydrogens (primary N) is 1. The zero-order valence-corrected chi connectivity index (χ0v) is 14.8. The number of halogens is 2. The summed E-state index contributed by atoms with van der Waals surface area (Å²) in [7, 11) is 2.09. The molecule has 2 rings (SSSR count). The maximum atomic E-state index is 6.10. The molecule has 0 amide bonds. The van der Waals surface area contributed by atoms with E-state index in [0.29, 0.717) is 0 Å². The lowest BCUT2D eigenvalue weighted by atomic mass is 10.0. The van der Waals surface area contributed by atoms with Gasteiger partial charge in [0.1, 0.15) is 0 Å². The minimum Gasteiger partial charge on any atom is -0.368 e. The molecule has 2 nitrogen and oxygen atoms in total. The first-order chi connectivity index (χ1) is 9.90. The summed E-state index contributed by atoms with van der Waals surface area (Å²) in [5, 5.41) is 0.757. The predicted molar refractivity (Wildman–Crippen MR) is 95.0 cm³/mol. The van der Waals surface area contributed by atoms with Crippen LogP contribution in [0.25, 0.3) is 0 Å². The smallest absolute Gasteiger partial charge is 0.0511 e. The third kappa shape index (κ3) is 3.79. The van der Waals surface area contributed by atoms with Gasteiger partial charge in [-0.25, -0.2) is 0 Å². The fraction of sp³-hybridized carbons (Fsp3) is 0.294. The zero-order chi connectivity index (χ0) is 15.6. The Hall–Kier alpha value is -1.03. The van der Waals surface area contributed by atoms with Crippen molar-refractivity contribution < 1.29 is 0 Å². The highest BCUT2D eigenvalue weighted by atomic mass is 79.9. The lowest BCUT2D eigenvalue weighted by Gasteiger charge is -2.30. The Morgan fingerprint density at radius 1 is 1.10 bits per heavy atom. The van der Waals surface area contributed by atoms with Crippen molar-refractivity contribution in [2.24, 2.45) is 5.73 Å². The van der Waals surface area contributed by atoms with E-state index in [-0.39, 0.29) is 12.1 Å². The van der Waals surface area contributed by atoms with Crippen LogP contribution in [0.5, 0.6) is 0 Å². The maximum Gasteiger partial charge on any atom is 0.0511 e. The Bertz CT molecular complexity index is 611. The van der Waals surface area contributed by atoms with Crippen LogP contribution in [-0.4, -0.2) is 7.05 Å². The summed E-state index contributed by atoms with van der Waals surface area (Å²) in [5.41, 5.74) is 9.60. The molecule has 0 saturated carbocycles. The van der Waals surface area contributed by atoms with Crippen LogP contribution in [0.15, 0.2) is 46.9 Å². The highest BCUT2D eigenvalue weighted by Crippen LogP contribution is 2.33. The Morgan fingerprint density at radius 3 is 2.29 bits per heavy atom. The number of nitrogens with zero attached hydrogens (tertiary/aromatic N) is 1. The molecule has 4 heteroatoms. The minimum atomic E-state index is -0.00651. The standard InChI is InChI=1S/C17H20BrClN2/c1-11(20)16-9-6-14(18)10-17(16)21(3)12(2)13-4-7-15(19)8-5-13/h4-12H,20H2,1-3H3. The first kappa shape index (κ1) is 16.3. The van der Waals surface area contributed by atoms with E-state index in [4.69, 9.17) is 17.3 Å². The molecule has 112 valence electrons. The molecule has 0 aliphatic rings. The quantitative estimate of drug-likeness (QED) is 0.792. The van der Waals surface area contributed by atoms with Crippen molar-refractivity contribution in [1.29, 1.82) is 0 Å². The summed E-state index contributed by atoms with van der Waals surface area (Å²) in [6, 6.07) is 14.4. The SMILES string of the molecule is CC(N)c1ccc(Br)cc1N(C)C(C)c1ccc(Cl)cc1. The molecule has 0 aliphatic heterocycles. The normalized spacial score (nSPS) is 13.8. The average Bonchev–Trinajstić information content (AvgIpc) is 2.46. The molecule has 0 saturated heterocycles. The van der Waals surface area contributed by atoms with Crippen LogP contribution in [0.4, 0.5) is 5.69 Å². The number of rotatable bonds is 4. The topological polar surface area (TPSA) is 29.3 Å². The van der Waals surface area contributed by atoms with Crippen molar-refractivity contribution in [3.8, 4) is 0 Å². The molecule has 0 fully saturated rings. The summed E-state index contributed by atoms with van der Waals surface area (Å²) >= 11 is 9.51. The number of hydrogen-bond acceptors (Lipinski definition) is 2. The highest BCUT2D eigenvalue weighted by molar-refractivity contribution is 9.10. The highest BCUT2D eigenvalue weighted by Gasteiger charge is 2.17. The summed E-state index contributed by atoms with van der Waals surface area (Å²) in [6.45, 7) is 4.18.